The van der Waals surface area contributed by atoms with Gasteiger partial charge in [0.1, 0.15) is 23.7 Å². The third kappa shape index (κ3) is 9.09. The van der Waals surface area contributed by atoms with Gasteiger partial charge in [0.25, 0.3) is 0 Å². The summed E-state index contributed by atoms with van der Waals surface area (Å²) in [5, 5.41) is 31.4. The van der Waals surface area contributed by atoms with Crippen molar-refractivity contribution < 1.29 is 43.8 Å². The quantitative estimate of drug-likeness (QED) is 0.120. The molecule has 31 heavy (non-hydrogen) atoms. The van der Waals surface area contributed by atoms with E-state index in [4.69, 9.17) is 20.6 Å². The zero-order valence-corrected chi connectivity index (χ0v) is 18.0. The second-order valence-corrected chi connectivity index (χ2v) is 7.95. The lowest BCUT2D eigenvalue weighted by molar-refractivity contribution is -0.138. The van der Waals surface area contributed by atoms with Crippen molar-refractivity contribution in [2.45, 2.75) is 51.9 Å². The van der Waals surface area contributed by atoms with Gasteiger partial charge in [0.2, 0.25) is 0 Å². The highest BCUT2D eigenvalue weighted by Crippen LogP contribution is 2.39. The number of unbranched alkanes of at least 4 members (excludes halogenated alkanes) is 1. The Labute approximate surface area is 178 Å². The van der Waals surface area contributed by atoms with Crippen LogP contribution in [0.5, 0.6) is 5.75 Å². The van der Waals surface area contributed by atoms with Gasteiger partial charge in [-0.1, -0.05) is 6.42 Å². The van der Waals surface area contributed by atoms with E-state index in [1.165, 1.54) is 20.0 Å². The van der Waals surface area contributed by atoms with Crippen LogP contribution in [0.3, 0.4) is 0 Å². The first-order chi connectivity index (χ1) is 14.3. The fraction of sp³-hybridized carbons (Fsp3) is 0.529. The van der Waals surface area contributed by atoms with E-state index < -0.39 is 38.6 Å². The first-order valence-electron chi connectivity index (χ1n) is 9.20. The number of rotatable bonds is 13. The predicted octanol–water partition coefficient (Wildman–Crippen LogP) is 0.421. The number of phosphoric ester groups is 1. The van der Waals surface area contributed by atoms with Gasteiger partial charge >= 0.3 is 19.8 Å². The second-order valence-electron chi connectivity index (χ2n) is 6.71. The Morgan fingerprint density at radius 3 is 2.52 bits per heavy atom. The molecule has 2 atom stereocenters. The molecular weight excluding hydrogens is 435 g/mol. The molecule has 1 aromatic rings. The Balaban J connectivity index is 3.13. The lowest BCUT2D eigenvalue weighted by Gasteiger charge is -2.21. The highest BCUT2D eigenvalue weighted by molar-refractivity contribution is 7.46. The number of nitrogens with one attached hydrogen (secondary N) is 1. The fourth-order valence-electron chi connectivity index (χ4n) is 2.54. The van der Waals surface area contributed by atoms with Crippen molar-refractivity contribution in [3.8, 4) is 5.75 Å². The van der Waals surface area contributed by atoms with E-state index in [1.54, 1.807) is 0 Å². The Hall–Kier alpha value is -2.41. The number of nitrogens with two attached hydrogens (primary N) is 1. The molecule has 0 spiro atoms. The summed E-state index contributed by atoms with van der Waals surface area (Å²) in [6, 6.07) is -0.994. The average Bonchev–Trinajstić information content (AvgIpc) is 2.66. The van der Waals surface area contributed by atoms with Gasteiger partial charge in [0.15, 0.2) is 0 Å². The molecule has 8 N–H and O–H groups in total. The number of aromatic hydroxyl groups is 1. The third-order valence-electron chi connectivity index (χ3n) is 4.25. The molecule has 14 heteroatoms. The van der Waals surface area contributed by atoms with E-state index in [0.717, 1.165) is 0 Å². The van der Waals surface area contributed by atoms with Crippen LogP contribution in [0.25, 0.3) is 0 Å². The Kier molecular flexibility index (Phi) is 10.2. The van der Waals surface area contributed by atoms with Crippen molar-refractivity contribution in [2.24, 2.45) is 10.7 Å². The van der Waals surface area contributed by atoms with Crippen molar-refractivity contribution in [2.75, 3.05) is 6.54 Å². The number of phosphoric acid groups is 1. The topological polar surface area (TPSA) is 225 Å². The number of aryl methyl sites for hydroxylation is 1. The van der Waals surface area contributed by atoms with Crippen LogP contribution in [0, 0.1) is 6.92 Å². The summed E-state index contributed by atoms with van der Waals surface area (Å²) in [5.74, 6) is -2.74. The number of carboxylic acid groups (broad SMARTS) is 2. The van der Waals surface area contributed by atoms with Crippen molar-refractivity contribution in [1.82, 2.24) is 10.3 Å². The molecule has 0 saturated heterocycles. The number of hydrogen-bond donors (Lipinski definition) is 7. The predicted molar refractivity (Wildman–Crippen MR) is 108 cm³/mol. The van der Waals surface area contributed by atoms with E-state index in [2.05, 4.69) is 19.8 Å². The van der Waals surface area contributed by atoms with Crippen LogP contribution in [0.2, 0.25) is 0 Å². The SMILES string of the molecule is C/C(=N\[C@@H](NCCCC[C@H](N)C(=O)O)c1c(COP(=O)(O)O)cnc(C)c1O)C(=O)O. The number of aromatic nitrogens is 1. The summed E-state index contributed by atoms with van der Waals surface area (Å²) < 4.78 is 15.6. The number of carbonyl (C=O) groups is 2. The number of carboxylic acids is 2. The molecule has 174 valence electrons. The second kappa shape index (κ2) is 11.8. The maximum atomic E-state index is 11.2. The van der Waals surface area contributed by atoms with Gasteiger partial charge in [0, 0.05) is 17.3 Å². The molecular formula is C17H27N4O9P. The molecule has 0 aliphatic carbocycles. The molecule has 0 radical (unpaired) electrons. The molecule has 0 aliphatic heterocycles. The average molecular weight is 462 g/mol. The van der Waals surface area contributed by atoms with E-state index in [9.17, 15) is 24.4 Å². The van der Waals surface area contributed by atoms with Gasteiger partial charge in [-0.05, 0) is 33.2 Å². The largest absolute Gasteiger partial charge is 0.506 e. The van der Waals surface area contributed by atoms with E-state index in [-0.39, 0.29) is 41.2 Å². The van der Waals surface area contributed by atoms with Crippen LogP contribution in [-0.2, 0) is 25.3 Å². The van der Waals surface area contributed by atoms with E-state index in [1.807, 2.05) is 0 Å². The number of aliphatic imine (C=N–C) groups is 1. The summed E-state index contributed by atoms with van der Waals surface area (Å²) in [6.45, 7) is 2.39. The standard InChI is InChI=1S/C17H27N4O9P/c1-9-14(22)13(11(7-20-9)8-30-31(27,28)29)15(21-10(2)16(23)24)19-6-4-3-5-12(18)17(25)26/h7,12,15,19,22H,3-6,8,18H2,1-2H3,(H,23,24)(H,25,26)(H2,27,28,29)/b21-10+/t12-,15+/m0/s1. The van der Waals surface area contributed by atoms with Crippen molar-refractivity contribution in [3.63, 3.8) is 0 Å². The number of aliphatic carboxylic acids is 2. The van der Waals surface area contributed by atoms with E-state index in [0.29, 0.717) is 12.8 Å². The van der Waals surface area contributed by atoms with Gasteiger partial charge in [0.05, 0.1) is 12.3 Å². The first kappa shape index (κ1) is 26.6. The van der Waals surface area contributed by atoms with E-state index >= 15 is 0 Å². The summed E-state index contributed by atoms with van der Waals surface area (Å²) in [7, 11) is -4.82. The van der Waals surface area contributed by atoms with Gasteiger partial charge in [-0.25, -0.2) is 9.36 Å². The van der Waals surface area contributed by atoms with Crippen molar-refractivity contribution in [3.05, 3.63) is 23.0 Å². The summed E-state index contributed by atoms with van der Waals surface area (Å²) in [6.07, 6.45) is 1.32. The summed E-state index contributed by atoms with van der Waals surface area (Å²) in [4.78, 5) is 47.9. The molecule has 0 aromatic carbocycles. The normalized spacial score (nSPS) is 14.3. The van der Waals surface area contributed by atoms with Crippen LogP contribution in [0.15, 0.2) is 11.2 Å². The lowest BCUT2D eigenvalue weighted by Crippen LogP contribution is -2.30. The molecule has 0 unspecified atom stereocenters. The van der Waals surface area contributed by atoms with Gasteiger partial charge < -0.3 is 30.8 Å². The van der Waals surface area contributed by atoms with Gasteiger partial charge in [-0.2, -0.15) is 0 Å². The first-order valence-corrected chi connectivity index (χ1v) is 10.7. The number of hydrogen-bond acceptors (Lipinski definition) is 9. The minimum atomic E-state index is -4.82. The van der Waals surface area contributed by atoms with Crippen LogP contribution in [0.4, 0.5) is 0 Å². The van der Waals surface area contributed by atoms with Crippen molar-refractivity contribution >= 4 is 25.5 Å². The van der Waals surface area contributed by atoms with Gasteiger partial charge in [-0.3, -0.25) is 24.6 Å². The molecule has 1 aromatic heterocycles. The summed E-state index contributed by atoms with van der Waals surface area (Å²) in [5.41, 5.74) is 5.52. The van der Waals surface area contributed by atoms with Crippen LogP contribution >= 0.6 is 7.82 Å². The monoisotopic (exact) mass is 462 g/mol. The number of nitrogens with zero attached hydrogens (tertiary/aromatic N) is 2. The van der Waals surface area contributed by atoms with Gasteiger partial charge in [-0.15, -0.1) is 0 Å². The molecule has 0 amide bonds. The Morgan fingerprint density at radius 1 is 1.32 bits per heavy atom. The molecule has 13 nitrogen and oxygen atoms in total. The minimum absolute atomic E-state index is 0.0591. The minimum Gasteiger partial charge on any atom is -0.506 e. The highest BCUT2D eigenvalue weighted by atomic mass is 31.2. The third-order valence-corrected chi connectivity index (χ3v) is 4.71. The van der Waals surface area contributed by atoms with Crippen molar-refractivity contribution in [1.29, 1.82) is 0 Å². The number of pyridine rings is 1. The highest BCUT2D eigenvalue weighted by Gasteiger charge is 2.24. The summed E-state index contributed by atoms with van der Waals surface area (Å²) >= 11 is 0. The molecule has 0 bridgehead atoms. The molecule has 0 saturated carbocycles. The lowest BCUT2D eigenvalue weighted by atomic mass is 10.0. The Bertz CT molecular complexity index is 871. The Morgan fingerprint density at radius 2 is 1.97 bits per heavy atom. The van der Waals surface area contributed by atoms with Crippen LogP contribution in [-0.4, -0.2) is 60.3 Å². The van der Waals surface area contributed by atoms with Crippen LogP contribution in [0.1, 0.15) is 49.2 Å². The molecule has 1 heterocycles. The maximum absolute atomic E-state index is 11.2. The maximum Gasteiger partial charge on any atom is 0.469 e. The zero-order valence-electron chi connectivity index (χ0n) is 17.1. The molecule has 1 rings (SSSR count). The van der Waals surface area contributed by atoms with Crippen LogP contribution < -0.4 is 11.1 Å². The zero-order chi connectivity index (χ0) is 23.8. The molecule has 0 aliphatic rings. The fourth-order valence-corrected chi connectivity index (χ4v) is 2.85. The molecule has 0 fully saturated rings. The smallest absolute Gasteiger partial charge is 0.469 e.